The minimum absolute atomic E-state index is 0.0839. The molecule has 0 aromatic carbocycles. The zero-order valence-corrected chi connectivity index (χ0v) is 25.0. The molecule has 0 N–H and O–H groups in total. The number of unbranched alkanes of at least 4 members (excludes halogenated alkanes) is 14. The summed E-state index contributed by atoms with van der Waals surface area (Å²) in [5, 5.41) is 0. The summed E-state index contributed by atoms with van der Waals surface area (Å²) in [5.41, 5.74) is 0.871. The van der Waals surface area contributed by atoms with Crippen molar-refractivity contribution >= 4 is 12.0 Å². The van der Waals surface area contributed by atoms with E-state index in [2.05, 4.69) is 6.92 Å². The molecule has 1 aliphatic rings. The van der Waals surface area contributed by atoms with Gasteiger partial charge in [-0.25, -0.2) is 14.3 Å². The van der Waals surface area contributed by atoms with E-state index in [0.717, 1.165) is 30.0 Å². The van der Waals surface area contributed by atoms with Crippen LogP contribution in [0.2, 0.25) is 0 Å². The fourth-order valence-corrected chi connectivity index (χ4v) is 5.10. The first-order valence-corrected chi connectivity index (χ1v) is 15.7. The van der Waals surface area contributed by atoms with Crippen LogP contribution in [0.5, 0.6) is 0 Å². The Hall–Kier alpha value is -1.99. The van der Waals surface area contributed by atoms with E-state index < -0.39 is 6.09 Å². The molecule has 1 aliphatic heterocycles. The van der Waals surface area contributed by atoms with E-state index in [0.29, 0.717) is 6.61 Å². The Bertz CT molecular complexity index is 803. The number of aromatic nitrogens is 1. The van der Waals surface area contributed by atoms with Crippen molar-refractivity contribution in [3.05, 3.63) is 30.1 Å². The number of pyridine rings is 1. The van der Waals surface area contributed by atoms with Gasteiger partial charge in [0.15, 0.2) is 12.5 Å². The zero-order valence-electron chi connectivity index (χ0n) is 25.0. The largest absolute Gasteiger partial charge is 0.446 e. The molecule has 0 bridgehead atoms. The number of ether oxygens (including phenoxy) is 3. The van der Waals surface area contributed by atoms with E-state index in [9.17, 15) is 9.59 Å². The Morgan fingerprint density at radius 3 is 2.05 bits per heavy atom. The number of carbonyl (C=O) groups is 2. The Morgan fingerprint density at radius 1 is 0.897 bits per heavy atom. The maximum absolute atomic E-state index is 12.6. The molecule has 2 heterocycles. The lowest BCUT2D eigenvalue weighted by molar-refractivity contribution is -0.701. The van der Waals surface area contributed by atoms with Gasteiger partial charge in [-0.1, -0.05) is 103 Å². The van der Waals surface area contributed by atoms with E-state index >= 15 is 0 Å². The number of rotatable bonds is 21. The van der Waals surface area contributed by atoms with Crippen LogP contribution in [0.4, 0.5) is 4.79 Å². The lowest BCUT2D eigenvalue weighted by atomic mass is 10.0. The predicted octanol–water partition coefficient (Wildman–Crippen LogP) is 7.48. The van der Waals surface area contributed by atoms with Crippen molar-refractivity contribution in [1.82, 2.24) is 4.90 Å². The van der Waals surface area contributed by atoms with Crippen LogP contribution in [0.3, 0.4) is 0 Å². The van der Waals surface area contributed by atoms with E-state index in [1.807, 2.05) is 35.9 Å². The number of aryl methyl sites for hydroxylation is 1. The summed E-state index contributed by atoms with van der Waals surface area (Å²) in [4.78, 5) is 25.9. The van der Waals surface area contributed by atoms with Crippen LogP contribution >= 0.6 is 0 Å². The summed E-state index contributed by atoms with van der Waals surface area (Å²) in [6, 6.07) is 5.73. The lowest BCUT2D eigenvalue weighted by Gasteiger charge is -2.19. The molecule has 39 heavy (non-hydrogen) atoms. The van der Waals surface area contributed by atoms with Crippen molar-refractivity contribution in [1.29, 1.82) is 0 Å². The van der Waals surface area contributed by atoms with Gasteiger partial charge in [0.25, 0.3) is 0 Å². The average Bonchev–Trinajstić information content (AvgIpc) is 3.40. The van der Waals surface area contributed by atoms with Gasteiger partial charge in [-0.2, -0.15) is 0 Å². The van der Waals surface area contributed by atoms with Gasteiger partial charge >= 0.3 is 6.09 Å². The Labute approximate surface area is 237 Å². The molecule has 1 fully saturated rings. The molecule has 0 aliphatic carbocycles. The summed E-state index contributed by atoms with van der Waals surface area (Å²) in [7, 11) is 0. The SMILES string of the molecule is CCCCCCCCCCCCCCCCCC1OCC(COC(=O)N(Cc2cccc[n+]2CC)C(C)=O)O1. The Kier molecular flexibility index (Phi) is 17.8. The number of hydrogen-bond donors (Lipinski definition) is 0. The third-order valence-corrected chi connectivity index (χ3v) is 7.54. The summed E-state index contributed by atoms with van der Waals surface area (Å²) in [6.07, 6.45) is 21.8. The fraction of sp³-hybridized carbons (Fsp3) is 0.781. The molecule has 2 amide bonds. The van der Waals surface area contributed by atoms with E-state index in [1.54, 1.807) is 0 Å². The molecule has 2 unspecified atom stereocenters. The van der Waals surface area contributed by atoms with Gasteiger partial charge in [0.1, 0.15) is 25.8 Å². The van der Waals surface area contributed by atoms with Gasteiger partial charge in [-0.05, 0) is 19.8 Å². The van der Waals surface area contributed by atoms with Crippen molar-refractivity contribution in [3.8, 4) is 0 Å². The zero-order chi connectivity index (χ0) is 28.1. The molecular weight excluding hydrogens is 492 g/mol. The summed E-state index contributed by atoms with van der Waals surface area (Å²) < 4.78 is 19.1. The van der Waals surface area contributed by atoms with Crippen molar-refractivity contribution in [2.45, 2.75) is 149 Å². The van der Waals surface area contributed by atoms with Crippen LogP contribution in [0.15, 0.2) is 24.4 Å². The highest BCUT2D eigenvalue weighted by Gasteiger charge is 2.29. The number of nitrogens with zero attached hydrogens (tertiary/aromatic N) is 2. The summed E-state index contributed by atoms with van der Waals surface area (Å²) in [6.45, 7) is 7.09. The molecule has 7 nitrogen and oxygen atoms in total. The first-order chi connectivity index (χ1) is 19.0. The minimum Gasteiger partial charge on any atom is -0.446 e. The molecule has 0 spiro atoms. The first-order valence-electron chi connectivity index (χ1n) is 15.7. The van der Waals surface area contributed by atoms with Crippen molar-refractivity contribution < 1.29 is 28.4 Å². The van der Waals surface area contributed by atoms with Gasteiger partial charge in [0, 0.05) is 19.1 Å². The third kappa shape index (κ3) is 14.3. The number of hydrogen-bond acceptors (Lipinski definition) is 5. The normalized spacial score (nSPS) is 16.9. The molecule has 1 aromatic rings. The van der Waals surface area contributed by atoms with Crippen LogP contribution in [0.25, 0.3) is 0 Å². The second kappa shape index (κ2) is 20.8. The van der Waals surface area contributed by atoms with Gasteiger partial charge in [-0.15, -0.1) is 0 Å². The van der Waals surface area contributed by atoms with Crippen LogP contribution in [-0.4, -0.2) is 42.5 Å². The molecule has 1 saturated heterocycles. The van der Waals surface area contributed by atoms with Gasteiger partial charge in [0.05, 0.1) is 6.61 Å². The molecule has 2 atom stereocenters. The third-order valence-electron chi connectivity index (χ3n) is 7.54. The first kappa shape index (κ1) is 33.2. The molecule has 1 aromatic heterocycles. The number of imide groups is 1. The van der Waals surface area contributed by atoms with Crippen molar-refractivity contribution in [3.63, 3.8) is 0 Å². The minimum atomic E-state index is -0.650. The molecular formula is C32H55N2O5+. The van der Waals surface area contributed by atoms with Gasteiger partial charge < -0.3 is 14.2 Å². The molecule has 0 radical (unpaired) electrons. The van der Waals surface area contributed by atoms with Crippen LogP contribution in [0.1, 0.15) is 129 Å². The Morgan fingerprint density at radius 2 is 1.49 bits per heavy atom. The highest BCUT2D eigenvalue weighted by Crippen LogP contribution is 2.19. The second-order valence-corrected chi connectivity index (χ2v) is 10.9. The van der Waals surface area contributed by atoms with Gasteiger partial charge in [0.2, 0.25) is 11.6 Å². The highest BCUT2D eigenvalue weighted by molar-refractivity contribution is 5.90. The molecule has 2 rings (SSSR count). The van der Waals surface area contributed by atoms with Crippen molar-refractivity contribution in [2.24, 2.45) is 0 Å². The smallest absolute Gasteiger partial charge is 0.417 e. The van der Waals surface area contributed by atoms with Crippen LogP contribution in [0, 0.1) is 0 Å². The van der Waals surface area contributed by atoms with Crippen molar-refractivity contribution in [2.75, 3.05) is 13.2 Å². The maximum atomic E-state index is 12.6. The number of carbonyl (C=O) groups excluding carboxylic acids is 2. The average molecular weight is 548 g/mol. The van der Waals surface area contributed by atoms with E-state index in [1.165, 1.54) is 96.8 Å². The monoisotopic (exact) mass is 547 g/mol. The molecule has 0 saturated carbocycles. The van der Waals surface area contributed by atoms with E-state index in [4.69, 9.17) is 14.2 Å². The summed E-state index contributed by atoms with van der Waals surface area (Å²) in [5.74, 6) is -0.346. The maximum Gasteiger partial charge on any atom is 0.417 e. The highest BCUT2D eigenvalue weighted by atomic mass is 16.7. The standard InChI is InChI=1S/C32H55N2O5/c1-4-6-7-8-9-10-11-12-13-14-15-16-17-18-19-23-31-37-26-30(39-31)27-38-32(36)34(28(3)35)25-29-22-20-21-24-33(29)5-2/h20-22,24,30-31H,4-19,23,25-27H2,1-3H3/q+1. The predicted molar refractivity (Wildman–Crippen MR) is 154 cm³/mol. The topological polar surface area (TPSA) is 69.0 Å². The van der Waals surface area contributed by atoms with Crippen LogP contribution < -0.4 is 4.57 Å². The quantitative estimate of drug-likeness (QED) is 0.118. The molecule has 7 heteroatoms. The van der Waals surface area contributed by atoms with Crippen LogP contribution in [-0.2, 0) is 32.1 Å². The summed E-state index contributed by atoms with van der Waals surface area (Å²) >= 11 is 0. The fourth-order valence-electron chi connectivity index (χ4n) is 5.10. The van der Waals surface area contributed by atoms with E-state index in [-0.39, 0.29) is 31.5 Å². The molecule has 222 valence electrons. The lowest BCUT2D eigenvalue weighted by Crippen LogP contribution is -2.43. The van der Waals surface area contributed by atoms with Gasteiger partial charge in [-0.3, -0.25) is 4.79 Å². The number of amides is 2. The second-order valence-electron chi connectivity index (χ2n) is 10.9. The Balaban J connectivity index is 1.48.